The molecule has 5 nitrogen and oxygen atoms in total. The number of rotatable bonds is 4. The van der Waals surface area contributed by atoms with Gasteiger partial charge in [-0.2, -0.15) is 0 Å². The van der Waals surface area contributed by atoms with E-state index in [0.29, 0.717) is 23.8 Å². The van der Waals surface area contributed by atoms with Gasteiger partial charge in [0, 0.05) is 25.2 Å². The summed E-state index contributed by atoms with van der Waals surface area (Å²) in [7, 11) is 0. The Kier molecular flexibility index (Phi) is 5.77. The smallest absolute Gasteiger partial charge is 0.354 e. The van der Waals surface area contributed by atoms with Crippen LogP contribution in [0.5, 0.6) is 0 Å². The molecule has 0 saturated carbocycles. The van der Waals surface area contributed by atoms with Crippen LogP contribution in [-0.4, -0.2) is 46.1 Å². The average molecular weight is 300 g/mol. The number of anilines is 1. The zero-order valence-corrected chi connectivity index (χ0v) is 12.9. The minimum Gasteiger partial charge on any atom is -0.477 e. The third kappa shape index (κ3) is 3.84. The first-order valence-electron chi connectivity index (χ1n) is 6.68. The summed E-state index contributed by atoms with van der Waals surface area (Å²) in [5.41, 5.74) is 0.0800. The molecule has 0 spiro atoms. The summed E-state index contributed by atoms with van der Waals surface area (Å²) in [5.74, 6) is 0.173. The van der Waals surface area contributed by atoms with Gasteiger partial charge in [0.2, 0.25) is 0 Å². The molecule has 1 fully saturated rings. The molecular formula is C14H22ClN3O2. The minimum atomic E-state index is -0.994. The van der Waals surface area contributed by atoms with Crippen LogP contribution in [0.15, 0.2) is 18.2 Å². The molecule has 112 valence electrons. The Morgan fingerprint density at radius 2 is 2.15 bits per heavy atom. The van der Waals surface area contributed by atoms with Gasteiger partial charge in [0.1, 0.15) is 5.82 Å². The molecule has 2 heterocycles. The van der Waals surface area contributed by atoms with Gasteiger partial charge in [-0.25, -0.2) is 9.78 Å². The van der Waals surface area contributed by atoms with E-state index >= 15 is 0 Å². The highest BCUT2D eigenvalue weighted by Crippen LogP contribution is 2.21. The van der Waals surface area contributed by atoms with Gasteiger partial charge in [0.05, 0.1) is 0 Å². The van der Waals surface area contributed by atoms with Gasteiger partial charge in [-0.3, -0.25) is 4.90 Å². The lowest BCUT2D eigenvalue weighted by Crippen LogP contribution is -2.31. The molecule has 0 aromatic carbocycles. The van der Waals surface area contributed by atoms with E-state index in [1.54, 1.807) is 6.07 Å². The number of hydrogen-bond donors (Lipinski definition) is 2. The van der Waals surface area contributed by atoms with Gasteiger partial charge in [-0.05, 0) is 31.9 Å². The fourth-order valence-electron chi connectivity index (χ4n) is 2.44. The number of likely N-dealkylation sites (tertiary alicyclic amines) is 1. The summed E-state index contributed by atoms with van der Waals surface area (Å²) < 4.78 is 0. The second-order valence-corrected chi connectivity index (χ2v) is 5.49. The lowest BCUT2D eigenvalue weighted by molar-refractivity contribution is 0.0690. The number of pyridine rings is 1. The van der Waals surface area contributed by atoms with Crippen molar-refractivity contribution in [2.45, 2.75) is 32.9 Å². The minimum absolute atomic E-state index is 0. The first-order valence-corrected chi connectivity index (χ1v) is 6.68. The molecule has 0 amide bonds. The lowest BCUT2D eigenvalue weighted by atomic mass is 10.1. The quantitative estimate of drug-likeness (QED) is 0.893. The number of hydrogen-bond acceptors (Lipinski definition) is 4. The summed E-state index contributed by atoms with van der Waals surface area (Å²) in [5, 5.41) is 12.3. The van der Waals surface area contributed by atoms with Crippen molar-refractivity contribution in [2.24, 2.45) is 5.92 Å². The molecule has 2 N–H and O–H groups in total. The SMILES string of the molecule is CC1CN(C(C)C)CC1Nc1cccc(C(=O)O)n1.Cl. The van der Waals surface area contributed by atoms with Crippen LogP contribution >= 0.6 is 12.4 Å². The number of nitrogens with one attached hydrogen (secondary N) is 1. The van der Waals surface area contributed by atoms with Gasteiger partial charge in [-0.15, -0.1) is 12.4 Å². The number of halogens is 1. The highest BCUT2D eigenvalue weighted by Gasteiger charge is 2.30. The van der Waals surface area contributed by atoms with Crippen molar-refractivity contribution < 1.29 is 9.90 Å². The molecule has 2 unspecified atom stereocenters. The Morgan fingerprint density at radius 1 is 1.45 bits per heavy atom. The Bertz CT molecular complexity index is 467. The zero-order chi connectivity index (χ0) is 14.0. The van der Waals surface area contributed by atoms with Crippen LogP contribution in [0.3, 0.4) is 0 Å². The standard InChI is InChI=1S/C14H21N3O2.ClH/c1-9(2)17-7-10(3)12(8-17)16-13-6-4-5-11(15-13)14(18)19;/h4-6,9-10,12H,7-8H2,1-3H3,(H,15,16)(H,18,19);1H. The first kappa shape index (κ1) is 16.7. The molecule has 0 bridgehead atoms. The molecule has 20 heavy (non-hydrogen) atoms. The van der Waals surface area contributed by atoms with E-state index in [4.69, 9.17) is 5.11 Å². The molecular weight excluding hydrogens is 278 g/mol. The predicted octanol–water partition coefficient (Wildman–Crippen LogP) is 2.34. The van der Waals surface area contributed by atoms with E-state index in [-0.39, 0.29) is 18.1 Å². The van der Waals surface area contributed by atoms with Crippen molar-refractivity contribution in [3.8, 4) is 0 Å². The zero-order valence-electron chi connectivity index (χ0n) is 12.0. The number of carboxylic acid groups (broad SMARTS) is 1. The summed E-state index contributed by atoms with van der Waals surface area (Å²) in [6, 6.07) is 5.90. The molecule has 0 aliphatic carbocycles. The Labute approximate surface area is 125 Å². The van der Waals surface area contributed by atoms with E-state index in [1.807, 2.05) is 6.07 Å². The van der Waals surface area contributed by atoms with Crippen LogP contribution in [0.4, 0.5) is 5.82 Å². The highest BCUT2D eigenvalue weighted by molar-refractivity contribution is 5.85. The molecule has 1 aliphatic rings. The third-order valence-electron chi connectivity index (χ3n) is 3.67. The maximum atomic E-state index is 10.9. The number of carbonyl (C=O) groups is 1. The van der Waals surface area contributed by atoms with Crippen molar-refractivity contribution >= 4 is 24.2 Å². The van der Waals surface area contributed by atoms with Crippen molar-refractivity contribution in [1.29, 1.82) is 0 Å². The van der Waals surface area contributed by atoms with E-state index in [2.05, 4.69) is 36.0 Å². The number of aromatic nitrogens is 1. The van der Waals surface area contributed by atoms with Crippen LogP contribution in [0.25, 0.3) is 0 Å². The largest absolute Gasteiger partial charge is 0.477 e. The summed E-state index contributed by atoms with van der Waals surface area (Å²) >= 11 is 0. The molecule has 2 atom stereocenters. The lowest BCUT2D eigenvalue weighted by Gasteiger charge is -2.20. The predicted molar refractivity (Wildman–Crippen MR) is 81.7 cm³/mol. The highest BCUT2D eigenvalue weighted by atomic mass is 35.5. The average Bonchev–Trinajstić information content (AvgIpc) is 2.71. The Balaban J connectivity index is 0.00000200. The topological polar surface area (TPSA) is 65.5 Å². The Hall–Kier alpha value is -1.33. The van der Waals surface area contributed by atoms with E-state index in [0.717, 1.165) is 13.1 Å². The van der Waals surface area contributed by atoms with E-state index in [9.17, 15) is 4.79 Å². The maximum Gasteiger partial charge on any atom is 0.354 e. The summed E-state index contributed by atoms with van der Waals surface area (Å²) in [4.78, 5) is 17.4. The summed E-state index contributed by atoms with van der Waals surface area (Å²) in [6.45, 7) is 8.63. The molecule has 6 heteroatoms. The second-order valence-electron chi connectivity index (χ2n) is 5.49. The van der Waals surface area contributed by atoms with E-state index in [1.165, 1.54) is 6.07 Å². The molecule has 1 saturated heterocycles. The normalized spacial score (nSPS) is 22.6. The summed E-state index contributed by atoms with van der Waals surface area (Å²) in [6.07, 6.45) is 0. The van der Waals surface area contributed by atoms with Crippen LogP contribution in [0.1, 0.15) is 31.3 Å². The van der Waals surface area contributed by atoms with E-state index < -0.39 is 5.97 Å². The third-order valence-corrected chi connectivity index (χ3v) is 3.67. The van der Waals surface area contributed by atoms with Gasteiger partial charge in [-0.1, -0.05) is 13.0 Å². The monoisotopic (exact) mass is 299 g/mol. The van der Waals surface area contributed by atoms with Crippen LogP contribution in [0.2, 0.25) is 0 Å². The second kappa shape index (κ2) is 6.90. The fourth-order valence-corrected chi connectivity index (χ4v) is 2.44. The van der Waals surface area contributed by atoms with Gasteiger partial charge in [0.25, 0.3) is 0 Å². The van der Waals surface area contributed by atoms with Crippen LogP contribution in [0, 0.1) is 5.92 Å². The number of carboxylic acids is 1. The molecule has 2 rings (SSSR count). The molecule has 1 aromatic rings. The maximum absolute atomic E-state index is 10.9. The van der Waals surface area contributed by atoms with Crippen molar-refractivity contribution in [1.82, 2.24) is 9.88 Å². The van der Waals surface area contributed by atoms with Crippen LogP contribution in [-0.2, 0) is 0 Å². The van der Waals surface area contributed by atoms with Gasteiger partial charge >= 0.3 is 5.97 Å². The van der Waals surface area contributed by atoms with Gasteiger partial charge in [0.15, 0.2) is 5.69 Å². The Morgan fingerprint density at radius 3 is 2.70 bits per heavy atom. The number of aromatic carboxylic acids is 1. The molecule has 1 aliphatic heterocycles. The molecule has 1 aromatic heterocycles. The number of nitrogens with zero attached hydrogens (tertiary/aromatic N) is 2. The van der Waals surface area contributed by atoms with Crippen molar-refractivity contribution in [2.75, 3.05) is 18.4 Å². The fraction of sp³-hybridized carbons (Fsp3) is 0.571. The molecule has 0 radical (unpaired) electrons. The first-order chi connectivity index (χ1) is 8.97. The van der Waals surface area contributed by atoms with Gasteiger partial charge < -0.3 is 10.4 Å². The van der Waals surface area contributed by atoms with Crippen LogP contribution < -0.4 is 5.32 Å². The van der Waals surface area contributed by atoms with Crippen molar-refractivity contribution in [3.05, 3.63) is 23.9 Å². The van der Waals surface area contributed by atoms with Crippen molar-refractivity contribution in [3.63, 3.8) is 0 Å².